The van der Waals surface area contributed by atoms with Crippen LogP contribution in [0.15, 0.2) is 35.7 Å². The molecule has 96 valence electrons. The molecule has 0 aliphatic rings. The zero-order chi connectivity index (χ0) is 13.0. The number of thiophene rings is 1. The van der Waals surface area contributed by atoms with Gasteiger partial charge in [-0.15, -0.1) is 11.3 Å². The zero-order valence-electron chi connectivity index (χ0n) is 9.77. The maximum absolute atomic E-state index is 13.6. The number of hydrogen-bond acceptors (Lipinski definition) is 2. The van der Waals surface area contributed by atoms with Crippen LogP contribution in [0.4, 0.5) is 4.39 Å². The molecule has 1 heterocycles. The number of benzene rings is 1. The zero-order valence-corrected chi connectivity index (χ0v) is 11.3. The number of aliphatic hydroxyl groups excluding tert-OH is 1. The lowest BCUT2D eigenvalue weighted by Gasteiger charge is -2.11. The fraction of sp³-hybridized carbons (Fsp3) is 0.286. The quantitative estimate of drug-likeness (QED) is 0.877. The number of aryl methyl sites for hydroxylation is 1. The summed E-state index contributed by atoms with van der Waals surface area (Å²) in [5.74, 6) is -0.422. The lowest BCUT2D eigenvalue weighted by molar-refractivity contribution is 0.164. The third-order valence-electron chi connectivity index (χ3n) is 2.79. The van der Waals surface area contributed by atoms with Gasteiger partial charge in [-0.05, 0) is 35.9 Å². The van der Waals surface area contributed by atoms with Gasteiger partial charge < -0.3 is 5.11 Å². The second-order valence-corrected chi connectivity index (χ2v) is 5.63. The molecule has 0 bridgehead atoms. The van der Waals surface area contributed by atoms with Crippen molar-refractivity contribution in [2.45, 2.75) is 25.4 Å². The van der Waals surface area contributed by atoms with E-state index in [4.69, 9.17) is 11.6 Å². The van der Waals surface area contributed by atoms with Crippen LogP contribution in [0.5, 0.6) is 0 Å². The Morgan fingerprint density at radius 2 is 2.11 bits per heavy atom. The first-order chi connectivity index (χ1) is 8.66. The van der Waals surface area contributed by atoms with Crippen LogP contribution < -0.4 is 0 Å². The lowest BCUT2D eigenvalue weighted by atomic mass is 10.0. The van der Waals surface area contributed by atoms with E-state index in [-0.39, 0.29) is 5.02 Å². The molecule has 1 aromatic heterocycles. The Morgan fingerprint density at radius 3 is 2.83 bits per heavy atom. The molecule has 1 unspecified atom stereocenters. The van der Waals surface area contributed by atoms with Gasteiger partial charge in [-0.2, -0.15) is 0 Å². The molecule has 1 N–H and O–H groups in total. The Balaban J connectivity index is 1.90. The van der Waals surface area contributed by atoms with Crippen LogP contribution in [-0.4, -0.2) is 11.2 Å². The van der Waals surface area contributed by atoms with Crippen molar-refractivity contribution in [3.05, 3.63) is 57.0 Å². The topological polar surface area (TPSA) is 20.2 Å². The Hall–Kier alpha value is -0.900. The standard InChI is InChI=1S/C14H14ClFOS/c15-13-5-1-3-10(14(13)16)9-11(17)6-7-12-4-2-8-18-12/h1-5,8,11,17H,6-7,9H2. The first-order valence-electron chi connectivity index (χ1n) is 5.80. The SMILES string of the molecule is OC(CCc1cccs1)Cc1cccc(Cl)c1F. The molecule has 1 atom stereocenters. The van der Waals surface area contributed by atoms with Gasteiger partial charge in [0.15, 0.2) is 0 Å². The summed E-state index contributed by atoms with van der Waals surface area (Å²) in [7, 11) is 0. The average molecular weight is 285 g/mol. The molecular formula is C14H14ClFOS. The van der Waals surface area contributed by atoms with E-state index in [1.807, 2.05) is 17.5 Å². The Morgan fingerprint density at radius 1 is 1.28 bits per heavy atom. The third-order valence-corrected chi connectivity index (χ3v) is 4.02. The van der Waals surface area contributed by atoms with Crippen LogP contribution in [0.25, 0.3) is 0 Å². The fourth-order valence-corrected chi connectivity index (χ4v) is 2.74. The van der Waals surface area contributed by atoms with Crippen molar-refractivity contribution in [2.75, 3.05) is 0 Å². The van der Waals surface area contributed by atoms with Crippen LogP contribution in [0.2, 0.25) is 5.02 Å². The summed E-state index contributed by atoms with van der Waals surface area (Å²) < 4.78 is 13.6. The van der Waals surface area contributed by atoms with Crippen molar-refractivity contribution < 1.29 is 9.50 Å². The first-order valence-corrected chi connectivity index (χ1v) is 7.06. The second-order valence-electron chi connectivity index (χ2n) is 4.19. The van der Waals surface area contributed by atoms with Crippen molar-refractivity contribution in [2.24, 2.45) is 0 Å². The molecule has 0 saturated carbocycles. The Labute approximate surface area is 115 Å². The number of aliphatic hydroxyl groups is 1. The minimum absolute atomic E-state index is 0.109. The van der Waals surface area contributed by atoms with E-state index >= 15 is 0 Å². The number of hydrogen-bond donors (Lipinski definition) is 1. The highest BCUT2D eigenvalue weighted by atomic mass is 35.5. The summed E-state index contributed by atoms with van der Waals surface area (Å²) in [5.41, 5.74) is 0.473. The summed E-state index contributed by atoms with van der Waals surface area (Å²) in [6, 6.07) is 8.90. The molecule has 0 amide bonds. The molecule has 0 aliphatic carbocycles. The van der Waals surface area contributed by atoms with Gasteiger partial charge in [0.2, 0.25) is 0 Å². The summed E-state index contributed by atoms with van der Waals surface area (Å²) in [5, 5.41) is 12.0. The summed E-state index contributed by atoms with van der Waals surface area (Å²) in [6.07, 6.45) is 1.21. The normalized spacial score (nSPS) is 12.6. The van der Waals surface area contributed by atoms with E-state index in [1.54, 1.807) is 23.5 Å². The molecule has 2 rings (SSSR count). The van der Waals surface area contributed by atoms with Crippen molar-refractivity contribution in [1.29, 1.82) is 0 Å². The largest absolute Gasteiger partial charge is 0.393 e. The third kappa shape index (κ3) is 3.55. The minimum atomic E-state index is -0.542. The van der Waals surface area contributed by atoms with Gasteiger partial charge in [0.05, 0.1) is 11.1 Å². The predicted molar refractivity (Wildman–Crippen MR) is 73.8 cm³/mol. The highest BCUT2D eigenvalue weighted by molar-refractivity contribution is 7.09. The summed E-state index contributed by atoms with van der Waals surface area (Å²) in [4.78, 5) is 1.24. The molecule has 0 radical (unpaired) electrons. The van der Waals surface area contributed by atoms with Crippen molar-refractivity contribution in [3.63, 3.8) is 0 Å². The van der Waals surface area contributed by atoms with Gasteiger partial charge in [-0.1, -0.05) is 29.8 Å². The van der Waals surface area contributed by atoms with E-state index in [2.05, 4.69) is 0 Å². The predicted octanol–water partition coefficient (Wildman–Crippen LogP) is 4.08. The van der Waals surface area contributed by atoms with E-state index in [0.29, 0.717) is 18.4 Å². The fourth-order valence-electron chi connectivity index (χ4n) is 1.83. The highest BCUT2D eigenvalue weighted by Gasteiger charge is 2.11. The van der Waals surface area contributed by atoms with Gasteiger partial charge in [0.25, 0.3) is 0 Å². The van der Waals surface area contributed by atoms with Crippen LogP contribution in [0.1, 0.15) is 16.9 Å². The van der Waals surface area contributed by atoms with Gasteiger partial charge in [-0.3, -0.25) is 0 Å². The molecule has 2 aromatic rings. The molecule has 1 aromatic carbocycles. The molecule has 18 heavy (non-hydrogen) atoms. The van der Waals surface area contributed by atoms with Gasteiger partial charge in [-0.25, -0.2) is 4.39 Å². The van der Waals surface area contributed by atoms with Crippen molar-refractivity contribution >= 4 is 22.9 Å². The second kappa shape index (κ2) is 6.32. The first kappa shape index (κ1) is 13.5. The number of rotatable bonds is 5. The smallest absolute Gasteiger partial charge is 0.145 e. The summed E-state index contributed by atoms with van der Waals surface area (Å²) in [6.45, 7) is 0. The number of halogens is 2. The van der Waals surface area contributed by atoms with E-state index in [9.17, 15) is 9.50 Å². The van der Waals surface area contributed by atoms with Gasteiger partial charge >= 0.3 is 0 Å². The molecule has 4 heteroatoms. The molecule has 0 saturated heterocycles. The molecule has 0 aliphatic heterocycles. The minimum Gasteiger partial charge on any atom is -0.393 e. The van der Waals surface area contributed by atoms with E-state index < -0.39 is 11.9 Å². The van der Waals surface area contributed by atoms with Crippen LogP contribution in [0, 0.1) is 5.82 Å². The maximum Gasteiger partial charge on any atom is 0.145 e. The lowest BCUT2D eigenvalue weighted by Crippen LogP contribution is -2.12. The van der Waals surface area contributed by atoms with Crippen LogP contribution in [0.3, 0.4) is 0 Å². The highest BCUT2D eigenvalue weighted by Crippen LogP contribution is 2.20. The monoisotopic (exact) mass is 284 g/mol. The van der Waals surface area contributed by atoms with Crippen LogP contribution in [-0.2, 0) is 12.8 Å². The van der Waals surface area contributed by atoms with E-state index in [0.717, 1.165) is 6.42 Å². The molecular weight excluding hydrogens is 271 g/mol. The summed E-state index contributed by atoms with van der Waals surface area (Å²) >= 11 is 7.37. The maximum atomic E-state index is 13.6. The van der Waals surface area contributed by atoms with Crippen molar-refractivity contribution in [3.8, 4) is 0 Å². The molecule has 0 spiro atoms. The molecule has 1 nitrogen and oxygen atoms in total. The van der Waals surface area contributed by atoms with Gasteiger partial charge in [0.1, 0.15) is 5.82 Å². The van der Waals surface area contributed by atoms with Crippen LogP contribution >= 0.6 is 22.9 Å². The Bertz CT molecular complexity index is 499. The Kier molecular flexibility index (Phi) is 4.75. The van der Waals surface area contributed by atoms with Crippen molar-refractivity contribution in [1.82, 2.24) is 0 Å². The van der Waals surface area contributed by atoms with E-state index in [1.165, 1.54) is 10.9 Å². The average Bonchev–Trinajstić information content (AvgIpc) is 2.86. The van der Waals surface area contributed by atoms with Gasteiger partial charge in [0, 0.05) is 11.3 Å². The molecule has 0 fully saturated rings.